The van der Waals surface area contributed by atoms with Crippen LogP contribution < -0.4 is 10.2 Å². The molecule has 2 rings (SSSR count). The minimum atomic E-state index is -0.801. The molecule has 1 heterocycles. The fourth-order valence-electron chi connectivity index (χ4n) is 3.22. The number of aliphatic carboxylic acids is 1. The second-order valence-electron chi connectivity index (χ2n) is 8.22. The van der Waals surface area contributed by atoms with Crippen LogP contribution in [0.4, 0.5) is 17.3 Å². The lowest BCUT2D eigenvalue weighted by Gasteiger charge is -2.31. The van der Waals surface area contributed by atoms with Crippen LogP contribution in [0.3, 0.4) is 0 Å². The summed E-state index contributed by atoms with van der Waals surface area (Å²) in [6.45, 7) is 12.6. The first-order chi connectivity index (χ1) is 13.2. The van der Waals surface area contributed by atoms with Crippen LogP contribution in [0.1, 0.15) is 52.5 Å². The van der Waals surface area contributed by atoms with Gasteiger partial charge < -0.3 is 15.3 Å². The van der Waals surface area contributed by atoms with Crippen LogP contribution >= 0.6 is 0 Å². The van der Waals surface area contributed by atoms with Crippen molar-refractivity contribution in [3.63, 3.8) is 0 Å². The molecule has 0 radical (unpaired) electrons. The van der Waals surface area contributed by atoms with Crippen molar-refractivity contribution < 1.29 is 9.90 Å². The SMILES string of the molecule is CC(C)CN(CC(C)C)c1ccc(C(C)CC(=O)O)cc1Nc1nnnn1C. The van der Waals surface area contributed by atoms with Gasteiger partial charge in [0.2, 0.25) is 5.95 Å². The van der Waals surface area contributed by atoms with Crippen molar-refractivity contribution in [2.45, 2.75) is 47.0 Å². The van der Waals surface area contributed by atoms with E-state index in [0.29, 0.717) is 17.8 Å². The van der Waals surface area contributed by atoms with E-state index in [2.05, 4.69) is 59.5 Å². The Labute approximate surface area is 166 Å². The van der Waals surface area contributed by atoms with Crippen molar-refractivity contribution in [1.82, 2.24) is 20.2 Å². The zero-order valence-corrected chi connectivity index (χ0v) is 17.7. The average molecular weight is 389 g/mol. The number of rotatable bonds is 10. The number of anilines is 3. The smallest absolute Gasteiger partial charge is 0.303 e. The number of hydrogen-bond acceptors (Lipinski definition) is 6. The summed E-state index contributed by atoms with van der Waals surface area (Å²) in [6.07, 6.45) is 0.0893. The largest absolute Gasteiger partial charge is 0.481 e. The molecule has 0 aliphatic heterocycles. The standard InChI is InChI=1S/C20H32N6O2/c1-13(2)11-26(12-14(3)4)18-8-7-16(15(5)9-19(27)28)10-17(18)21-20-22-23-24-25(20)6/h7-8,10,13-15H,9,11-12H2,1-6H3,(H,27,28)(H,21,22,24). The second-order valence-corrected chi connectivity index (χ2v) is 8.22. The number of aromatic nitrogens is 4. The Morgan fingerprint density at radius 3 is 2.32 bits per heavy atom. The molecule has 2 N–H and O–H groups in total. The molecule has 0 aliphatic rings. The topological polar surface area (TPSA) is 96.2 Å². The molecular formula is C20H32N6O2. The number of carboxylic acids is 1. The molecule has 1 atom stereocenters. The van der Waals surface area contributed by atoms with Gasteiger partial charge >= 0.3 is 5.97 Å². The van der Waals surface area contributed by atoms with E-state index >= 15 is 0 Å². The summed E-state index contributed by atoms with van der Waals surface area (Å²) in [4.78, 5) is 13.5. The molecule has 0 fully saturated rings. The molecule has 8 nitrogen and oxygen atoms in total. The molecule has 1 unspecified atom stereocenters. The Bertz CT molecular complexity index is 777. The number of carboxylic acid groups (broad SMARTS) is 1. The average Bonchev–Trinajstić information content (AvgIpc) is 2.97. The van der Waals surface area contributed by atoms with Gasteiger partial charge in [0.05, 0.1) is 17.8 Å². The van der Waals surface area contributed by atoms with Crippen LogP contribution in [0.5, 0.6) is 0 Å². The number of carbonyl (C=O) groups is 1. The zero-order chi connectivity index (χ0) is 20.8. The molecule has 28 heavy (non-hydrogen) atoms. The zero-order valence-electron chi connectivity index (χ0n) is 17.7. The highest BCUT2D eigenvalue weighted by atomic mass is 16.4. The molecule has 8 heteroatoms. The summed E-state index contributed by atoms with van der Waals surface area (Å²) in [5.41, 5.74) is 2.92. The van der Waals surface area contributed by atoms with Gasteiger partial charge in [0.25, 0.3) is 0 Å². The minimum absolute atomic E-state index is 0.0893. The first-order valence-electron chi connectivity index (χ1n) is 9.77. The van der Waals surface area contributed by atoms with E-state index in [9.17, 15) is 4.79 Å². The molecule has 0 saturated carbocycles. The van der Waals surface area contributed by atoms with Gasteiger partial charge in [0.1, 0.15) is 0 Å². The fraction of sp³-hybridized carbons (Fsp3) is 0.600. The minimum Gasteiger partial charge on any atom is -0.481 e. The van der Waals surface area contributed by atoms with E-state index < -0.39 is 5.97 Å². The molecular weight excluding hydrogens is 356 g/mol. The predicted octanol–water partition coefficient (Wildman–Crippen LogP) is 3.65. The van der Waals surface area contributed by atoms with Crippen LogP contribution in [-0.4, -0.2) is 44.4 Å². The van der Waals surface area contributed by atoms with Gasteiger partial charge in [-0.1, -0.05) is 45.8 Å². The Morgan fingerprint density at radius 2 is 1.82 bits per heavy atom. The first kappa shape index (κ1) is 21.7. The van der Waals surface area contributed by atoms with E-state index in [1.54, 1.807) is 11.7 Å². The van der Waals surface area contributed by atoms with Gasteiger partial charge in [-0.2, -0.15) is 0 Å². The molecule has 1 aromatic carbocycles. The third-order valence-electron chi connectivity index (χ3n) is 4.45. The number of hydrogen-bond donors (Lipinski definition) is 2. The molecule has 154 valence electrons. The van der Waals surface area contributed by atoms with Gasteiger partial charge in [0, 0.05) is 20.1 Å². The normalized spacial score (nSPS) is 12.4. The Morgan fingerprint density at radius 1 is 1.18 bits per heavy atom. The number of aryl methyl sites for hydroxylation is 1. The summed E-state index contributed by atoms with van der Waals surface area (Å²) in [6, 6.07) is 6.12. The van der Waals surface area contributed by atoms with Crippen molar-refractivity contribution in [2.24, 2.45) is 18.9 Å². The highest BCUT2D eigenvalue weighted by molar-refractivity contribution is 5.75. The molecule has 1 aromatic heterocycles. The maximum atomic E-state index is 11.1. The molecule has 0 spiro atoms. The lowest BCUT2D eigenvalue weighted by molar-refractivity contribution is -0.137. The third kappa shape index (κ3) is 5.94. The van der Waals surface area contributed by atoms with E-state index in [4.69, 9.17) is 5.11 Å². The molecule has 2 aromatic rings. The Balaban J connectivity index is 2.46. The Kier molecular flexibility index (Phi) is 7.37. The van der Waals surface area contributed by atoms with Gasteiger partial charge in [-0.3, -0.25) is 4.79 Å². The van der Waals surface area contributed by atoms with Gasteiger partial charge in [-0.05, 0) is 45.9 Å². The van der Waals surface area contributed by atoms with Crippen LogP contribution in [0.2, 0.25) is 0 Å². The van der Waals surface area contributed by atoms with E-state index in [1.807, 2.05) is 19.1 Å². The summed E-state index contributed by atoms with van der Waals surface area (Å²) in [7, 11) is 1.78. The second kappa shape index (κ2) is 9.52. The highest BCUT2D eigenvalue weighted by Crippen LogP contribution is 2.33. The lowest BCUT2D eigenvalue weighted by Crippen LogP contribution is -2.32. The van der Waals surface area contributed by atoms with Crippen molar-refractivity contribution in [3.05, 3.63) is 23.8 Å². The first-order valence-corrected chi connectivity index (χ1v) is 9.77. The van der Waals surface area contributed by atoms with Gasteiger partial charge in [0.15, 0.2) is 0 Å². The maximum absolute atomic E-state index is 11.1. The van der Waals surface area contributed by atoms with Crippen molar-refractivity contribution in [3.8, 4) is 0 Å². The number of nitrogens with zero attached hydrogens (tertiary/aromatic N) is 5. The van der Waals surface area contributed by atoms with Crippen molar-refractivity contribution >= 4 is 23.3 Å². The molecule has 0 aliphatic carbocycles. The number of tetrazole rings is 1. The number of benzene rings is 1. The third-order valence-corrected chi connectivity index (χ3v) is 4.45. The van der Waals surface area contributed by atoms with Crippen molar-refractivity contribution in [1.29, 1.82) is 0 Å². The Hall–Kier alpha value is -2.64. The summed E-state index contributed by atoms with van der Waals surface area (Å²) in [5.74, 6) is 0.666. The van der Waals surface area contributed by atoms with E-state index in [0.717, 1.165) is 30.0 Å². The maximum Gasteiger partial charge on any atom is 0.303 e. The monoisotopic (exact) mass is 388 g/mol. The van der Waals surface area contributed by atoms with Crippen LogP contribution in [0, 0.1) is 11.8 Å². The molecule has 0 saturated heterocycles. The molecule has 0 amide bonds. The number of nitrogens with one attached hydrogen (secondary N) is 1. The van der Waals surface area contributed by atoms with Gasteiger partial charge in [-0.25, -0.2) is 4.68 Å². The van der Waals surface area contributed by atoms with Gasteiger partial charge in [-0.15, -0.1) is 0 Å². The van der Waals surface area contributed by atoms with Crippen LogP contribution in [-0.2, 0) is 11.8 Å². The summed E-state index contributed by atoms with van der Waals surface area (Å²) in [5, 5.41) is 24.1. The highest BCUT2D eigenvalue weighted by Gasteiger charge is 2.19. The fourth-order valence-corrected chi connectivity index (χ4v) is 3.22. The summed E-state index contributed by atoms with van der Waals surface area (Å²) < 4.78 is 1.58. The van der Waals surface area contributed by atoms with E-state index in [-0.39, 0.29) is 12.3 Å². The lowest BCUT2D eigenvalue weighted by atomic mass is 9.96. The van der Waals surface area contributed by atoms with E-state index in [1.165, 1.54) is 0 Å². The van der Waals surface area contributed by atoms with Crippen molar-refractivity contribution in [2.75, 3.05) is 23.3 Å². The van der Waals surface area contributed by atoms with Crippen LogP contribution in [0.25, 0.3) is 0 Å². The quantitative estimate of drug-likeness (QED) is 0.641. The predicted molar refractivity (Wildman–Crippen MR) is 111 cm³/mol. The van der Waals surface area contributed by atoms with Crippen LogP contribution in [0.15, 0.2) is 18.2 Å². The summed E-state index contributed by atoms with van der Waals surface area (Å²) >= 11 is 0. The molecule has 0 bridgehead atoms.